The summed E-state index contributed by atoms with van der Waals surface area (Å²) in [7, 11) is 0. The predicted octanol–water partition coefficient (Wildman–Crippen LogP) is 3.76. The molecule has 0 N–H and O–H groups in total. The minimum atomic E-state index is -4.43. The van der Waals surface area contributed by atoms with Crippen molar-refractivity contribution >= 4 is 0 Å². The number of ether oxygens (including phenoxy) is 1. The number of benzene rings is 1. The Balaban J connectivity index is 2.58. The maximum Gasteiger partial charge on any atom is 0.416 e. The van der Waals surface area contributed by atoms with E-state index in [1.54, 1.807) is 0 Å². The van der Waals surface area contributed by atoms with Crippen LogP contribution in [0.4, 0.5) is 13.2 Å². The first kappa shape index (κ1) is 12.7. The first-order valence-electron chi connectivity index (χ1n) is 5.27. The first-order chi connectivity index (χ1) is 8.37. The highest BCUT2D eigenvalue weighted by Crippen LogP contribution is 2.38. The van der Waals surface area contributed by atoms with Crippen LogP contribution in [0.15, 0.2) is 23.3 Å². The molecule has 0 amide bonds. The van der Waals surface area contributed by atoms with E-state index >= 15 is 0 Å². The molecule has 1 unspecified atom stereocenters. The van der Waals surface area contributed by atoms with E-state index in [4.69, 9.17) is 10.3 Å². The van der Waals surface area contributed by atoms with E-state index in [-0.39, 0.29) is 5.56 Å². The minimum absolute atomic E-state index is 0.279. The van der Waals surface area contributed by atoms with Crippen LogP contribution in [0.5, 0.6) is 0 Å². The first-order valence-corrected chi connectivity index (χ1v) is 5.27. The summed E-state index contributed by atoms with van der Waals surface area (Å²) >= 11 is 0. The normalized spacial score (nSPS) is 23.1. The summed E-state index contributed by atoms with van der Waals surface area (Å²) in [4.78, 5) is 2.64. The largest absolute Gasteiger partial charge is 0.416 e. The molecule has 0 aliphatic carbocycles. The zero-order valence-corrected chi connectivity index (χ0v) is 9.53. The molecule has 1 aromatic carbocycles. The third-order valence-electron chi connectivity index (χ3n) is 2.93. The van der Waals surface area contributed by atoms with Crippen LogP contribution < -0.4 is 0 Å². The van der Waals surface area contributed by atoms with Gasteiger partial charge in [-0.25, -0.2) is 0 Å². The molecule has 0 fully saturated rings. The number of alkyl halides is 3. The van der Waals surface area contributed by atoms with E-state index in [0.717, 1.165) is 12.1 Å². The van der Waals surface area contributed by atoms with E-state index in [9.17, 15) is 13.2 Å². The summed E-state index contributed by atoms with van der Waals surface area (Å²) in [6, 6.07) is 3.43. The van der Waals surface area contributed by atoms with Gasteiger partial charge in [0, 0.05) is 4.91 Å². The second-order valence-electron chi connectivity index (χ2n) is 4.14. The molecule has 1 heterocycles. The van der Waals surface area contributed by atoms with E-state index in [2.05, 4.69) is 10.0 Å². The fourth-order valence-corrected chi connectivity index (χ4v) is 2.01. The van der Waals surface area contributed by atoms with Gasteiger partial charge in [0.25, 0.3) is 0 Å². The third kappa shape index (κ3) is 2.14. The van der Waals surface area contributed by atoms with Crippen molar-refractivity contribution in [3.63, 3.8) is 0 Å². The highest BCUT2D eigenvalue weighted by Gasteiger charge is 2.37. The Morgan fingerprint density at radius 3 is 2.78 bits per heavy atom. The van der Waals surface area contributed by atoms with Gasteiger partial charge in [-0.2, -0.15) is 13.2 Å². The Morgan fingerprint density at radius 1 is 1.44 bits per heavy atom. The van der Waals surface area contributed by atoms with Gasteiger partial charge in [-0.15, -0.1) is 0 Å². The molecule has 1 aromatic rings. The molecule has 4 nitrogen and oxygen atoms in total. The Kier molecular flexibility index (Phi) is 2.96. The van der Waals surface area contributed by atoms with E-state index < -0.39 is 17.5 Å². The molecule has 1 aliphatic heterocycles. The lowest BCUT2D eigenvalue weighted by Crippen LogP contribution is -2.30. The number of fused-ring (bicyclic) bond motifs is 1. The number of hydrogen-bond donors (Lipinski definition) is 0. The van der Waals surface area contributed by atoms with Gasteiger partial charge in [0.05, 0.1) is 12.2 Å². The topological polar surface area (TPSA) is 58.0 Å². The SMILES string of the molecule is CC1(N=[N+]=[N-])OCCc2ccc(C(F)(F)F)cc21. The van der Waals surface area contributed by atoms with Crippen LogP contribution in [0.2, 0.25) is 0 Å². The Bertz CT molecular complexity index is 523. The van der Waals surface area contributed by atoms with Gasteiger partial charge in [0.15, 0.2) is 5.72 Å². The fraction of sp³-hybridized carbons (Fsp3) is 0.455. The quantitative estimate of drug-likeness (QED) is 0.429. The van der Waals surface area contributed by atoms with Crippen LogP contribution in [0.1, 0.15) is 23.6 Å². The van der Waals surface area contributed by atoms with Crippen molar-refractivity contribution in [3.05, 3.63) is 45.3 Å². The molecule has 0 saturated heterocycles. The highest BCUT2D eigenvalue weighted by atomic mass is 19.4. The number of halogens is 3. The van der Waals surface area contributed by atoms with Gasteiger partial charge in [0.1, 0.15) is 0 Å². The minimum Gasteiger partial charge on any atom is -0.364 e. The molecule has 1 aliphatic rings. The molecule has 0 bridgehead atoms. The van der Waals surface area contributed by atoms with Crippen molar-refractivity contribution in [1.82, 2.24) is 0 Å². The zero-order chi connectivity index (χ0) is 13.4. The number of azide groups is 1. The average molecular weight is 257 g/mol. The van der Waals surface area contributed by atoms with Crippen LogP contribution in [-0.2, 0) is 23.1 Å². The van der Waals surface area contributed by atoms with Gasteiger partial charge in [-0.05, 0) is 42.1 Å². The molecular weight excluding hydrogens is 247 g/mol. The van der Waals surface area contributed by atoms with Crippen molar-refractivity contribution in [1.29, 1.82) is 0 Å². The maximum absolute atomic E-state index is 12.7. The zero-order valence-electron chi connectivity index (χ0n) is 9.53. The molecular formula is C11H10F3N3O. The van der Waals surface area contributed by atoms with Crippen LogP contribution in [0, 0.1) is 0 Å². The molecule has 0 radical (unpaired) electrons. The van der Waals surface area contributed by atoms with E-state index in [1.165, 1.54) is 13.0 Å². The monoisotopic (exact) mass is 257 g/mol. The van der Waals surface area contributed by atoms with Crippen molar-refractivity contribution in [2.24, 2.45) is 5.11 Å². The van der Waals surface area contributed by atoms with Crippen LogP contribution >= 0.6 is 0 Å². The molecule has 1 atom stereocenters. The van der Waals surface area contributed by atoms with Crippen LogP contribution in [0.3, 0.4) is 0 Å². The van der Waals surface area contributed by atoms with Crippen molar-refractivity contribution in [2.75, 3.05) is 6.61 Å². The molecule has 0 aromatic heterocycles. The summed E-state index contributed by atoms with van der Waals surface area (Å²) < 4.78 is 43.3. The maximum atomic E-state index is 12.7. The van der Waals surface area contributed by atoms with Crippen LogP contribution in [-0.4, -0.2) is 6.61 Å². The summed E-state index contributed by atoms with van der Waals surface area (Å²) in [5.74, 6) is 0. The molecule has 2 rings (SSSR count). The summed E-state index contributed by atoms with van der Waals surface area (Å²) in [5.41, 5.74) is 7.34. The lowest BCUT2D eigenvalue weighted by Gasteiger charge is -2.32. The van der Waals surface area contributed by atoms with Gasteiger partial charge in [-0.3, -0.25) is 0 Å². The standard InChI is InChI=1S/C11H10F3N3O/c1-10(16-17-15)9-6-8(11(12,13)14)3-2-7(9)4-5-18-10/h2-3,6H,4-5H2,1H3. The van der Waals surface area contributed by atoms with E-state index in [1.807, 2.05) is 0 Å². The summed E-state index contributed by atoms with van der Waals surface area (Å²) in [6.45, 7) is 1.78. The van der Waals surface area contributed by atoms with Gasteiger partial charge >= 0.3 is 6.18 Å². The smallest absolute Gasteiger partial charge is 0.364 e. The van der Waals surface area contributed by atoms with Crippen molar-refractivity contribution < 1.29 is 17.9 Å². The second-order valence-corrected chi connectivity index (χ2v) is 4.14. The Hall–Kier alpha value is -1.72. The fourth-order valence-electron chi connectivity index (χ4n) is 2.01. The summed E-state index contributed by atoms with van der Waals surface area (Å²) in [6.07, 6.45) is -3.92. The number of rotatable bonds is 1. The van der Waals surface area contributed by atoms with Gasteiger partial charge in [-0.1, -0.05) is 11.2 Å². The lowest BCUT2D eigenvalue weighted by molar-refractivity contribution is -0.137. The van der Waals surface area contributed by atoms with Crippen molar-refractivity contribution in [2.45, 2.75) is 25.2 Å². The molecule has 0 spiro atoms. The Labute approximate surface area is 101 Å². The second kappa shape index (κ2) is 4.19. The number of hydrogen-bond acceptors (Lipinski definition) is 2. The molecule has 7 heteroatoms. The van der Waals surface area contributed by atoms with Gasteiger partial charge in [0.2, 0.25) is 0 Å². The van der Waals surface area contributed by atoms with E-state index in [0.29, 0.717) is 18.6 Å². The molecule has 96 valence electrons. The van der Waals surface area contributed by atoms with Gasteiger partial charge < -0.3 is 4.74 Å². The molecule has 0 saturated carbocycles. The lowest BCUT2D eigenvalue weighted by atomic mass is 9.92. The third-order valence-corrected chi connectivity index (χ3v) is 2.93. The van der Waals surface area contributed by atoms with Crippen molar-refractivity contribution in [3.8, 4) is 0 Å². The predicted molar refractivity (Wildman–Crippen MR) is 57.6 cm³/mol. The summed E-state index contributed by atoms with van der Waals surface area (Å²) in [5, 5.41) is 3.47. The highest BCUT2D eigenvalue weighted by molar-refractivity contribution is 5.38. The Morgan fingerprint density at radius 2 is 2.17 bits per heavy atom. The number of nitrogens with zero attached hydrogens (tertiary/aromatic N) is 3. The van der Waals surface area contributed by atoms with Crippen LogP contribution in [0.25, 0.3) is 10.4 Å². The molecule has 18 heavy (non-hydrogen) atoms. The average Bonchev–Trinajstić information content (AvgIpc) is 2.28.